The summed E-state index contributed by atoms with van der Waals surface area (Å²) < 4.78 is 1.61. The van der Waals surface area contributed by atoms with Crippen LogP contribution in [-0.2, 0) is 0 Å². The van der Waals surface area contributed by atoms with E-state index in [1.54, 1.807) is 10.8 Å². The zero-order valence-electron chi connectivity index (χ0n) is 12.6. The topological polar surface area (TPSA) is 64.0 Å². The Labute approximate surface area is 115 Å². The third-order valence-corrected chi connectivity index (χ3v) is 2.80. The molecule has 0 bridgehead atoms. The fraction of sp³-hybridized carbons (Fsp3) is 0.643. The predicted molar refractivity (Wildman–Crippen MR) is 77.5 cm³/mol. The number of carbonyl (C=O) groups excluding carboxylic acids is 1. The van der Waals surface area contributed by atoms with E-state index in [-0.39, 0.29) is 17.3 Å². The van der Waals surface area contributed by atoms with Crippen molar-refractivity contribution >= 4 is 5.91 Å². The highest BCUT2D eigenvalue weighted by Crippen LogP contribution is 2.15. The molecule has 1 atom stereocenters. The van der Waals surface area contributed by atoms with Gasteiger partial charge in [-0.25, -0.2) is 4.98 Å². The molecule has 1 N–H and O–H groups in total. The number of amides is 1. The first kappa shape index (κ1) is 17.4. The summed E-state index contributed by atoms with van der Waals surface area (Å²) in [4.78, 5) is 27.4. The van der Waals surface area contributed by atoms with Crippen LogP contribution in [0.2, 0.25) is 0 Å². The molecule has 5 heteroatoms. The molecule has 0 saturated carbocycles. The van der Waals surface area contributed by atoms with Crippen LogP contribution in [0.3, 0.4) is 0 Å². The first-order chi connectivity index (χ1) is 9.15. The van der Waals surface area contributed by atoms with Gasteiger partial charge in [-0.15, -0.1) is 0 Å². The van der Waals surface area contributed by atoms with E-state index in [4.69, 9.17) is 0 Å². The van der Waals surface area contributed by atoms with Crippen molar-refractivity contribution < 1.29 is 4.79 Å². The van der Waals surface area contributed by atoms with Gasteiger partial charge in [0.05, 0.1) is 0 Å². The third kappa shape index (κ3) is 4.50. The zero-order valence-corrected chi connectivity index (χ0v) is 12.6. The van der Waals surface area contributed by atoms with Crippen LogP contribution in [0.15, 0.2) is 17.2 Å². The van der Waals surface area contributed by atoms with Gasteiger partial charge in [0, 0.05) is 25.5 Å². The molecular weight excluding hydrogens is 242 g/mol. The SMILES string of the molecule is CC.CCCC(CC)n1ccnc(C(=O)NC)c1=O. The molecule has 1 heterocycles. The molecule has 0 spiro atoms. The van der Waals surface area contributed by atoms with E-state index in [2.05, 4.69) is 17.2 Å². The molecule has 108 valence electrons. The number of hydrogen-bond acceptors (Lipinski definition) is 3. The van der Waals surface area contributed by atoms with Crippen molar-refractivity contribution in [1.29, 1.82) is 0 Å². The van der Waals surface area contributed by atoms with Crippen LogP contribution in [0, 0.1) is 0 Å². The molecule has 1 unspecified atom stereocenters. The van der Waals surface area contributed by atoms with Gasteiger partial charge in [0.2, 0.25) is 0 Å². The van der Waals surface area contributed by atoms with Crippen molar-refractivity contribution in [1.82, 2.24) is 14.9 Å². The van der Waals surface area contributed by atoms with Gasteiger partial charge in [-0.2, -0.15) is 0 Å². The van der Waals surface area contributed by atoms with Crippen LogP contribution < -0.4 is 10.9 Å². The number of rotatable bonds is 5. The number of nitrogens with zero attached hydrogens (tertiary/aromatic N) is 2. The van der Waals surface area contributed by atoms with Crippen LogP contribution in [-0.4, -0.2) is 22.5 Å². The maximum atomic E-state index is 12.1. The number of carbonyl (C=O) groups is 1. The summed E-state index contributed by atoms with van der Waals surface area (Å²) in [5.41, 5.74) is -0.350. The van der Waals surface area contributed by atoms with E-state index in [1.165, 1.54) is 13.2 Å². The number of aromatic nitrogens is 2. The monoisotopic (exact) mass is 267 g/mol. The molecule has 0 aliphatic carbocycles. The summed E-state index contributed by atoms with van der Waals surface area (Å²) in [6.07, 6.45) is 5.95. The van der Waals surface area contributed by atoms with E-state index < -0.39 is 5.91 Å². The Morgan fingerprint density at radius 1 is 1.42 bits per heavy atom. The Morgan fingerprint density at radius 2 is 2.05 bits per heavy atom. The molecule has 1 rings (SSSR count). The highest BCUT2D eigenvalue weighted by atomic mass is 16.2. The summed E-state index contributed by atoms with van der Waals surface area (Å²) in [5, 5.41) is 2.42. The molecule has 1 amide bonds. The lowest BCUT2D eigenvalue weighted by Crippen LogP contribution is -2.34. The summed E-state index contributed by atoms with van der Waals surface area (Å²) in [7, 11) is 1.49. The second-order valence-corrected chi connectivity index (χ2v) is 3.92. The van der Waals surface area contributed by atoms with Crippen molar-refractivity contribution in [3.63, 3.8) is 0 Å². The van der Waals surface area contributed by atoms with E-state index in [1.807, 2.05) is 20.8 Å². The molecule has 0 aliphatic heterocycles. The van der Waals surface area contributed by atoms with Gasteiger partial charge in [0.1, 0.15) is 0 Å². The fourth-order valence-electron chi connectivity index (χ4n) is 1.86. The quantitative estimate of drug-likeness (QED) is 0.890. The van der Waals surface area contributed by atoms with Gasteiger partial charge >= 0.3 is 0 Å². The molecule has 0 aromatic carbocycles. The van der Waals surface area contributed by atoms with Crippen molar-refractivity contribution in [2.45, 2.75) is 53.0 Å². The molecule has 19 heavy (non-hydrogen) atoms. The van der Waals surface area contributed by atoms with Crippen molar-refractivity contribution in [3.05, 3.63) is 28.4 Å². The molecule has 0 saturated heterocycles. The zero-order chi connectivity index (χ0) is 14.8. The normalized spacial score (nSPS) is 11.2. The second kappa shape index (κ2) is 9.30. The first-order valence-electron chi connectivity index (χ1n) is 6.94. The minimum absolute atomic E-state index is 0.0375. The van der Waals surface area contributed by atoms with Crippen LogP contribution in [0.5, 0.6) is 0 Å². The molecule has 0 aliphatic rings. The molecule has 1 aromatic heterocycles. The van der Waals surface area contributed by atoms with Gasteiger partial charge in [-0.05, 0) is 12.8 Å². The fourth-order valence-corrected chi connectivity index (χ4v) is 1.86. The second-order valence-electron chi connectivity index (χ2n) is 3.92. The Bertz CT molecular complexity index is 441. The van der Waals surface area contributed by atoms with Crippen LogP contribution in [0.25, 0.3) is 0 Å². The molecule has 0 fully saturated rings. The number of nitrogens with one attached hydrogen (secondary N) is 1. The third-order valence-electron chi connectivity index (χ3n) is 2.80. The van der Waals surface area contributed by atoms with E-state index in [0.717, 1.165) is 19.3 Å². The van der Waals surface area contributed by atoms with Gasteiger partial charge in [-0.1, -0.05) is 34.1 Å². The molecular formula is C14H25N3O2. The lowest BCUT2D eigenvalue weighted by atomic mass is 10.1. The lowest BCUT2D eigenvalue weighted by Gasteiger charge is -2.17. The molecule has 5 nitrogen and oxygen atoms in total. The Kier molecular flexibility index (Phi) is 8.49. The molecule has 1 aromatic rings. The average Bonchev–Trinajstić information content (AvgIpc) is 2.46. The highest BCUT2D eigenvalue weighted by Gasteiger charge is 2.16. The van der Waals surface area contributed by atoms with E-state index in [9.17, 15) is 9.59 Å². The minimum atomic E-state index is -0.435. The van der Waals surface area contributed by atoms with Gasteiger partial charge in [0.25, 0.3) is 11.5 Å². The van der Waals surface area contributed by atoms with E-state index in [0.29, 0.717) is 0 Å². The summed E-state index contributed by atoms with van der Waals surface area (Å²) in [6, 6.07) is 0.138. The largest absolute Gasteiger partial charge is 0.354 e. The van der Waals surface area contributed by atoms with Gasteiger partial charge in [0.15, 0.2) is 5.69 Å². The van der Waals surface area contributed by atoms with Crippen molar-refractivity contribution in [2.24, 2.45) is 0 Å². The maximum absolute atomic E-state index is 12.1. The van der Waals surface area contributed by atoms with Gasteiger partial charge in [-0.3, -0.25) is 9.59 Å². The summed E-state index contributed by atoms with van der Waals surface area (Å²) in [5.74, 6) is -0.435. The maximum Gasteiger partial charge on any atom is 0.282 e. The predicted octanol–water partition coefficient (Wildman–Crippen LogP) is 2.38. The summed E-state index contributed by atoms with van der Waals surface area (Å²) in [6.45, 7) is 8.11. The minimum Gasteiger partial charge on any atom is -0.354 e. The molecule has 0 radical (unpaired) electrons. The van der Waals surface area contributed by atoms with Crippen LogP contribution >= 0.6 is 0 Å². The smallest absolute Gasteiger partial charge is 0.282 e. The highest BCUT2D eigenvalue weighted by molar-refractivity contribution is 5.91. The Hall–Kier alpha value is -1.65. The van der Waals surface area contributed by atoms with Crippen molar-refractivity contribution in [2.75, 3.05) is 7.05 Å². The van der Waals surface area contributed by atoms with Gasteiger partial charge < -0.3 is 9.88 Å². The average molecular weight is 267 g/mol. The Balaban J connectivity index is 0.00000154. The summed E-state index contributed by atoms with van der Waals surface area (Å²) >= 11 is 0. The lowest BCUT2D eigenvalue weighted by molar-refractivity contribution is 0.0955. The Morgan fingerprint density at radius 3 is 2.53 bits per heavy atom. The first-order valence-corrected chi connectivity index (χ1v) is 6.94. The van der Waals surface area contributed by atoms with E-state index >= 15 is 0 Å². The van der Waals surface area contributed by atoms with Crippen LogP contribution in [0.1, 0.15) is 63.5 Å². The van der Waals surface area contributed by atoms with Crippen LogP contribution in [0.4, 0.5) is 0 Å². The standard InChI is InChI=1S/C12H19N3O2.C2H6/c1-4-6-9(5-2)15-8-7-14-10(12(15)17)11(16)13-3;1-2/h7-9H,4-6H2,1-3H3,(H,13,16);1-2H3. The number of hydrogen-bond donors (Lipinski definition) is 1. The van der Waals surface area contributed by atoms with Crippen molar-refractivity contribution in [3.8, 4) is 0 Å².